The average molecular weight is 260 g/mol. The number of aromatic nitrogens is 1. The van der Waals surface area contributed by atoms with Gasteiger partial charge in [-0.25, -0.2) is 9.79 Å². The first kappa shape index (κ1) is 12.9. The molecule has 0 saturated carbocycles. The highest BCUT2D eigenvalue weighted by Gasteiger charge is 2.14. The molecule has 1 heterocycles. The maximum atomic E-state index is 11.8. The van der Waals surface area contributed by atoms with Crippen LogP contribution in [0.3, 0.4) is 0 Å². The van der Waals surface area contributed by atoms with Crippen LogP contribution in [0, 0.1) is 0 Å². The van der Waals surface area contributed by atoms with Crippen LogP contribution in [0.4, 0.5) is 5.69 Å². The van der Waals surface area contributed by atoms with Gasteiger partial charge < -0.3 is 20.8 Å². The SMILES string of the molecule is CCOC(=O)c1cc2cc(N=C(N)N)ccc2n1C. The average Bonchev–Trinajstić information content (AvgIpc) is 2.66. The number of hydrogen-bond acceptors (Lipinski definition) is 3. The Morgan fingerprint density at radius 2 is 2.11 bits per heavy atom. The lowest BCUT2D eigenvalue weighted by atomic mass is 10.2. The molecule has 2 rings (SSSR count). The Balaban J connectivity index is 2.51. The van der Waals surface area contributed by atoms with Crippen molar-refractivity contribution in [2.24, 2.45) is 23.5 Å². The monoisotopic (exact) mass is 260 g/mol. The number of aliphatic imine (C=N–C) groups is 1. The molecule has 1 aromatic heterocycles. The number of aryl methyl sites for hydroxylation is 1. The van der Waals surface area contributed by atoms with Crippen LogP contribution < -0.4 is 11.5 Å². The number of benzene rings is 1. The molecule has 0 radical (unpaired) electrons. The van der Waals surface area contributed by atoms with Crippen LogP contribution in [0.1, 0.15) is 17.4 Å². The van der Waals surface area contributed by atoms with E-state index in [0.29, 0.717) is 18.0 Å². The van der Waals surface area contributed by atoms with Gasteiger partial charge >= 0.3 is 5.97 Å². The summed E-state index contributed by atoms with van der Waals surface area (Å²) in [7, 11) is 1.81. The van der Waals surface area contributed by atoms with E-state index < -0.39 is 0 Å². The summed E-state index contributed by atoms with van der Waals surface area (Å²) >= 11 is 0. The predicted molar refractivity (Wildman–Crippen MR) is 74.3 cm³/mol. The number of esters is 1. The summed E-state index contributed by atoms with van der Waals surface area (Å²) in [5.41, 5.74) is 12.7. The van der Waals surface area contributed by atoms with E-state index in [1.807, 2.05) is 19.2 Å². The maximum absolute atomic E-state index is 11.8. The molecular formula is C13H16N4O2. The first-order chi connectivity index (χ1) is 9.02. The number of ether oxygens (including phenoxy) is 1. The van der Waals surface area contributed by atoms with Gasteiger partial charge in [-0.2, -0.15) is 0 Å². The third-order valence-corrected chi connectivity index (χ3v) is 2.77. The zero-order valence-corrected chi connectivity index (χ0v) is 10.9. The molecule has 0 amide bonds. The van der Waals surface area contributed by atoms with Crippen LogP contribution in [-0.2, 0) is 11.8 Å². The fourth-order valence-corrected chi connectivity index (χ4v) is 1.96. The van der Waals surface area contributed by atoms with E-state index in [0.717, 1.165) is 10.9 Å². The van der Waals surface area contributed by atoms with E-state index in [1.165, 1.54) is 0 Å². The highest BCUT2D eigenvalue weighted by atomic mass is 16.5. The van der Waals surface area contributed by atoms with E-state index in [2.05, 4.69) is 4.99 Å². The summed E-state index contributed by atoms with van der Waals surface area (Å²) < 4.78 is 6.79. The minimum atomic E-state index is -0.343. The van der Waals surface area contributed by atoms with Crippen molar-refractivity contribution in [3.8, 4) is 0 Å². The van der Waals surface area contributed by atoms with Crippen LogP contribution in [0.5, 0.6) is 0 Å². The minimum absolute atomic E-state index is 0.000831. The van der Waals surface area contributed by atoms with Gasteiger partial charge in [0.15, 0.2) is 5.96 Å². The molecule has 0 fully saturated rings. The Morgan fingerprint density at radius 3 is 2.74 bits per heavy atom. The molecule has 0 aliphatic rings. The molecule has 0 spiro atoms. The second-order valence-corrected chi connectivity index (χ2v) is 4.09. The summed E-state index contributed by atoms with van der Waals surface area (Å²) in [6.45, 7) is 2.12. The van der Waals surface area contributed by atoms with Gasteiger partial charge in [0.25, 0.3) is 0 Å². The highest BCUT2D eigenvalue weighted by molar-refractivity contribution is 5.96. The fraction of sp³-hybridized carbons (Fsp3) is 0.231. The number of carbonyl (C=O) groups excluding carboxylic acids is 1. The zero-order chi connectivity index (χ0) is 14.0. The quantitative estimate of drug-likeness (QED) is 0.493. The molecule has 19 heavy (non-hydrogen) atoms. The summed E-state index contributed by atoms with van der Waals surface area (Å²) in [5, 5.41) is 0.882. The molecule has 0 aliphatic carbocycles. The van der Waals surface area contributed by atoms with E-state index in [1.54, 1.807) is 23.6 Å². The van der Waals surface area contributed by atoms with Crippen molar-refractivity contribution >= 4 is 28.5 Å². The third-order valence-electron chi connectivity index (χ3n) is 2.77. The lowest BCUT2D eigenvalue weighted by Crippen LogP contribution is -2.21. The molecule has 0 atom stereocenters. The fourth-order valence-electron chi connectivity index (χ4n) is 1.96. The van der Waals surface area contributed by atoms with Crippen LogP contribution in [0.25, 0.3) is 10.9 Å². The van der Waals surface area contributed by atoms with Gasteiger partial charge in [0.1, 0.15) is 5.69 Å². The third kappa shape index (κ3) is 2.52. The van der Waals surface area contributed by atoms with Crippen molar-refractivity contribution < 1.29 is 9.53 Å². The Kier molecular flexibility index (Phi) is 3.41. The van der Waals surface area contributed by atoms with Gasteiger partial charge in [0, 0.05) is 18.0 Å². The second kappa shape index (κ2) is 5.01. The van der Waals surface area contributed by atoms with Gasteiger partial charge in [-0.3, -0.25) is 0 Å². The Morgan fingerprint density at radius 1 is 1.37 bits per heavy atom. The van der Waals surface area contributed by atoms with Crippen molar-refractivity contribution in [3.63, 3.8) is 0 Å². The number of hydrogen-bond donors (Lipinski definition) is 2. The van der Waals surface area contributed by atoms with Gasteiger partial charge in [-0.15, -0.1) is 0 Å². The van der Waals surface area contributed by atoms with Gasteiger partial charge in [0.2, 0.25) is 0 Å². The van der Waals surface area contributed by atoms with Crippen molar-refractivity contribution in [2.75, 3.05) is 6.61 Å². The number of rotatable bonds is 3. The molecule has 0 bridgehead atoms. The standard InChI is InChI=1S/C13H16N4O2/c1-3-19-12(18)11-7-8-6-9(16-13(14)15)4-5-10(8)17(11)2/h4-7H,3H2,1-2H3,(H4,14,15,16). The number of nitrogens with zero attached hydrogens (tertiary/aromatic N) is 2. The van der Waals surface area contributed by atoms with Crippen LogP contribution in [-0.4, -0.2) is 23.1 Å². The van der Waals surface area contributed by atoms with Crippen LogP contribution in [0.2, 0.25) is 0 Å². The number of fused-ring (bicyclic) bond motifs is 1. The number of carbonyl (C=O) groups is 1. The van der Waals surface area contributed by atoms with E-state index in [-0.39, 0.29) is 11.9 Å². The molecule has 0 saturated heterocycles. The summed E-state index contributed by atoms with van der Waals surface area (Å²) in [6.07, 6.45) is 0. The topological polar surface area (TPSA) is 95.6 Å². The normalized spacial score (nSPS) is 10.4. The highest BCUT2D eigenvalue weighted by Crippen LogP contribution is 2.24. The van der Waals surface area contributed by atoms with E-state index in [4.69, 9.17) is 16.2 Å². The minimum Gasteiger partial charge on any atom is -0.461 e. The molecular weight excluding hydrogens is 244 g/mol. The molecule has 6 nitrogen and oxygen atoms in total. The van der Waals surface area contributed by atoms with Gasteiger partial charge in [-0.05, 0) is 31.2 Å². The molecule has 0 aliphatic heterocycles. The summed E-state index contributed by atoms with van der Waals surface area (Å²) in [5.74, 6) is -0.342. The van der Waals surface area contributed by atoms with Crippen molar-refractivity contribution in [1.82, 2.24) is 4.57 Å². The largest absolute Gasteiger partial charge is 0.461 e. The van der Waals surface area contributed by atoms with Gasteiger partial charge in [0.05, 0.1) is 12.3 Å². The number of guanidine groups is 1. The molecule has 4 N–H and O–H groups in total. The van der Waals surface area contributed by atoms with Crippen LogP contribution in [0.15, 0.2) is 29.3 Å². The molecule has 1 aromatic carbocycles. The maximum Gasteiger partial charge on any atom is 0.354 e. The predicted octanol–water partition coefficient (Wildman–Crippen LogP) is 1.26. The smallest absolute Gasteiger partial charge is 0.354 e. The molecule has 0 unspecified atom stereocenters. The Bertz CT molecular complexity index is 654. The van der Waals surface area contributed by atoms with Crippen molar-refractivity contribution in [3.05, 3.63) is 30.0 Å². The number of nitrogens with two attached hydrogens (primary N) is 2. The molecule has 6 heteroatoms. The molecule has 2 aromatic rings. The van der Waals surface area contributed by atoms with Crippen molar-refractivity contribution in [1.29, 1.82) is 0 Å². The first-order valence-corrected chi connectivity index (χ1v) is 5.89. The second-order valence-electron chi connectivity index (χ2n) is 4.09. The van der Waals surface area contributed by atoms with E-state index >= 15 is 0 Å². The molecule has 100 valence electrons. The van der Waals surface area contributed by atoms with Crippen molar-refractivity contribution in [2.45, 2.75) is 6.92 Å². The van der Waals surface area contributed by atoms with Crippen LogP contribution >= 0.6 is 0 Å². The van der Waals surface area contributed by atoms with Gasteiger partial charge in [-0.1, -0.05) is 0 Å². The lowest BCUT2D eigenvalue weighted by molar-refractivity contribution is 0.0516. The summed E-state index contributed by atoms with van der Waals surface area (Å²) in [4.78, 5) is 15.8. The zero-order valence-electron chi connectivity index (χ0n) is 10.9. The lowest BCUT2D eigenvalue weighted by Gasteiger charge is -2.03. The van der Waals surface area contributed by atoms with E-state index in [9.17, 15) is 4.79 Å². The first-order valence-electron chi connectivity index (χ1n) is 5.89. The summed E-state index contributed by atoms with van der Waals surface area (Å²) in [6, 6.07) is 7.23. The Hall–Kier alpha value is -2.50. The Labute approximate surface area is 110 Å².